The van der Waals surface area contributed by atoms with E-state index < -0.39 is 0 Å². The minimum atomic E-state index is -0.257. The molecule has 0 aliphatic rings. The van der Waals surface area contributed by atoms with Gasteiger partial charge in [0, 0.05) is 24.0 Å². The summed E-state index contributed by atoms with van der Waals surface area (Å²) >= 11 is 0. The standard InChI is InChI=1S/C21H25FN4O/c1-3-25(4-2)12-11-23-21(27)17-7-8-18-14-24-26(20(18)13-17)15-16-5-9-19(22)10-6-16/h5-10,13-14H,3-4,11-12,15H2,1-2H3,(H,23,27). The van der Waals surface area contributed by atoms with Crippen LogP contribution >= 0.6 is 0 Å². The van der Waals surface area contributed by atoms with Gasteiger partial charge in [-0.05, 0) is 42.9 Å². The molecule has 1 aromatic heterocycles. The lowest BCUT2D eigenvalue weighted by molar-refractivity contribution is 0.0949. The second-order valence-corrected chi connectivity index (χ2v) is 6.49. The van der Waals surface area contributed by atoms with Crippen LogP contribution in [0.3, 0.4) is 0 Å². The van der Waals surface area contributed by atoms with Crippen molar-refractivity contribution in [3.63, 3.8) is 0 Å². The van der Waals surface area contributed by atoms with Crippen molar-refractivity contribution in [2.75, 3.05) is 26.2 Å². The van der Waals surface area contributed by atoms with Crippen LogP contribution in [-0.4, -0.2) is 46.8 Å². The molecule has 0 bridgehead atoms. The lowest BCUT2D eigenvalue weighted by Gasteiger charge is -2.18. The van der Waals surface area contributed by atoms with Crippen LogP contribution in [0.5, 0.6) is 0 Å². The van der Waals surface area contributed by atoms with Gasteiger partial charge in [-0.25, -0.2) is 4.39 Å². The Morgan fingerprint density at radius 2 is 1.89 bits per heavy atom. The summed E-state index contributed by atoms with van der Waals surface area (Å²) in [6.45, 7) is 8.15. The van der Waals surface area contributed by atoms with Crippen LogP contribution in [0.1, 0.15) is 29.8 Å². The van der Waals surface area contributed by atoms with E-state index in [4.69, 9.17) is 0 Å². The monoisotopic (exact) mass is 368 g/mol. The normalized spacial score (nSPS) is 11.3. The number of hydrogen-bond acceptors (Lipinski definition) is 3. The first-order valence-corrected chi connectivity index (χ1v) is 9.31. The Hall–Kier alpha value is -2.73. The molecule has 0 aliphatic heterocycles. The van der Waals surface area contributed by atoms with Crippen molar-refractivity contribution in [3.8, 4) is 0 Å². The third-order valence-corrected chi connectivity index (χ3v) is 4.76. The molecule has 1 heterocycles. The molecule has 0 radical (unpaired) electrons. The fourth-order valence-corrected chi connectivity index (χ4v) is 3.07. The highest BCUT2D eigenvalue weighted by Gasteiger charge is 2.10. The van der Waals surface area contributed by atoms with Crippen LogP contribution in [0.4, 0.5) is 4.39 Å². The van der Waals surface area contributed by atoms with Gasteiger partial charge in [0.1, 0.15) is 5.82 Å². The maximum absolute atomic E-state index is 13.1. The predicted molar refractivity (Wildman–Crippen MR) is 105 cm³/mol. The largest absolute Gasteiger partial charge is 0.351 e. The lowest BCUT2D eigenvalue weighted by Crippen LogP contribution is -2.34. The summed E-state index contributed by atoms with van der Waals surface area (Å²) in [6, 6.07) is 11.9. The average Bonchev–Trinajstić information content (AvgIpc) is 3.09. The summed E-state index contributed by atoms with van der Waals surface area (Å²) in [6.07, 6.45) is 1.78. The fraction of sp³-hybridized carbons (Fsp3) is 0.333. The Labute approximate surface area is 158 Å². The van der Waals surface area contributed by atoms with Crippen LogP contribution < -0.4 is 5.32 Å². The van der Waals surface area contributed by atoms with E-state index in [9.17, 15) is 9.18 Å². The predicted octanol–water partition coefficient (Wildman–Crippen LogP) is 3.30. The molecule has 0 aliphatic carbocycles. The number of amides is 1. The van der Waals surface area contributed by atoms with Gasteiger partial charge in [-0.1, -0.05) is 32.0 Å². The maximum Gasteiger partial charge on any atom is 0.251 e. The van der Waals surface area contributed by atoms with Crippen LogP contribution in [0.2, 0.25) is 0 Å². The Balaban J connectivity index is 1.72. The molecule has 0 spiro atoms. The van der Waals surface area contributed by atoms with E-state index in [1.54, 1.807) is 18.3 Å². The number of carbonyl (C=O) groups is 1. The molecular formula is C21H25FN4O. The van der Waals surface area contributed by atoms with E-state index in [1.807, 2.05) is 22.9 Å². The van der Waals surface area contributed by atoms with Gasteiger partial charge in [-0.3, -0.25) is 9.48 Å². The number of fused-ring (bicyclic) bond motifs is 1. The van der Waals surface area contributed by atoms with Crippen molar-refractivity contribution < 1.29 is 9.18 Å². The molecular weight excluding hydrogens is 343 g/mol. The zero-order chi connectivity index (χ0) is 19.2. The van der Waals surface area contributed by atoms with Crippen molar-refractivity contribution in [1.82, 2.24) is 20.0 Å². The van der Waals surface area contributed by atoms with Gasteiger partial charge in [0.05, 0.1) is 18.3 Å². The molecule has 142 valence electrons. The Morgan fingerprint density at radius 1 is 1.15 bits per heavy atom. The first-order valence-electron chi connectivity index (χ1n) is 9.31. The Kier molecular flexibility index (Phi) is 6.19. The third kappa shape index (κ3) is 4.71. The molecule has 0 saturated heterocycles. The molecule has 5 nitrogen and oxygen atoms in total. The van der Waals surface area contributed by atoms with E-state index >= 15 is 0 Å². The van der Waals surface area contributed by atoms with Crippen molar-refractivity contribution in [2.45, 2.75) is 20.4 Å². The number of likely N-dealkylation sites (N-methyl/N-ethyl adjacent to an activating group) is 1. The highest BCUT2D eigenvalue weighted by Crippen LogP contribution is 2.17. The van der Waals surface area contributed by atoms with Gasteiger partial charge in [0.15, 0.2) is 0 Å². The van der Waals surface area contributed by atoms with Crippen molar-refractivity contribution in [1.29, 1.82) is 0 Å². The zero-order valence-electron chi connectivity index (χ0n) is 15.8. The van der Waals surface area contributed by atoms with E-state index in [1.165, 1.54) is 12.1 Å². The fourth-order valence-electron chi connectivity index (χ4n) is 3.07. The minimum absolute atomic E-state index is 0.0846. The molecule has 1 amide bonds. The number of carbonyl (C=O) groups excluding carboxylic acids is 1. The number of rotatable bonds is 8. The molecule has 0 fully saturated rings. The summed E-state index contributed by atoms with van der Waals surface area (Å²) in [4.78, 5) is 14.7. The van der Waals surface area contributed by atoms with Crippen LogP contribution in [-0.2, 0) is 6.54 Å². The van der Waals surface area contributed by atoms with Gasteiger partial charge < -0.3 is 10.2 Å². The van der Waals surface area contributed by atoms with Crippen molar-refractivity contribution in [2.24, 2.45) is 0 Å². The second kappa shape index (κ2) is 8.77. The number of nitrogens with one attached hydrogen (secondary N) is 1. The highest BCUT2D eigenvalue weighted by molar-refractivity contribution is 5.97. The maximum atomic E-state index is 13.1. The second-order valence-electron chi connectivity index (χ2n) is 6.49. The van der Waals surface area contributed by atoms with Gasteiger partial charge in [-0.2, -0.15) is 5.10 Å². The summed E-state index contributed by atoms with van der Waals surface area (Å²) in [5, 5.41) is 8.35. The summed E-state index contributed by atoms with van der Waals surface area (Å²) in [5.74, 6) is -0.341. The molecule has 2 aromatic carbocycles. The SMILES string of the molecule is CCN(CC)CCNC(=O)c1ccc2cnn(Cc3ccc(F)cc3)c2c1. The van der Waals surface area contributed by atoms with Crippen molar-refractivity contribution in [3.05, 3.63) is 65.6 Å². The summed E-state index contributed by atoms with van der Waals surface area (Å²) in [5.41, 5.74) is 2.45. The number of aromatic nitrogens is 2. The molecule has 1 N–H and O–H groups in total. The summed E-state index contributed by atoms with van der Waals surface area (Å²) < 4.78 is 14.9. The third-order valence-electron chi connectivity index (χ3n) is 4.76. The molecule has 27 heavy (non-hydrogen) atoms. The zero-order valence-corrected chi connectivity index (χ0v) is 15.8. The van der Waals surface area contributed by atoms with E-state index in [2.05, 4.69) is 29.2 Å². The number of benzene rings is 2. The van der Waals surface area contributed by atoms with Crippen LogP contribution in [0, 0.1) is 5.82 Å². The topological polar surface area (TPSA) is 50.2 Å². The quantitative estimate of drug-likeness (QED) is 0.664. The summed E-state index contributed by atoms with van der Waals surface area (Å²) in [7, 11) is 0. The first kappa shape index (κ1) is 19.0. The van der Waals surface area contributed by atoms with Crippen LogP contribution in [0.15, 0.2) is 48.7 Å². The Morgan fingerprint density at radius 3 is 2.59 bits per heavy atom. The average molecular weight is 368 g/mol. The van der Waals surface area contributed by atoms with Crippen LogP contribution in [0.25, 0.3) is 10.9 Å². The molecule has 3 aromatic rings. The first-order chi connectivity index (χ1) is 13.1. The van der Waals surface area contributed by atoms with E-state index in [0.29, 0.717) is 18.7 Å². The van der Waals surface area contributed by atoms with E-state index in [-0.39, 0.29) is 11.7 Å². The van der Waals surface area contributed by atoms with Gasteiger partial charge in [-0.15, -0.1) is 0 Å². The Bertz CT molecular complexity index is 900. The van der Waals surface area contributed by atoms with Crippen molar-refractivity contribution >= 4 is 16.8 Å². The minimum Gasteiger partial charge on any atom is -0.351 e. The molecule has 0 atom stereocenters. The van der Waals surface area contributed by atoms with Gasteiger partial charge in [0.2, 0.25) is 0 Å². The highest BCUT2D eigenvalue weighted by atomic mass is 19.1. The van der Waals surface area contributed by atoms with Gasteiger partial charge >= 0.3 is 0 Å². The number of halogens is 1. The number of hydrogen-bond donors (Lipinski definition) is 1. The lowest BCUT2D eigenvalue weighted by atomic mass is 10.1. The number of nitrogens with zero attached hydrogens (tertiary/aromatic N) is 3. The smallest absolute Gasteiger partial charge is 0.251 e. The van der Waals surface area contributed by atoms with E-state index in [0.717, 1.165) is 36.1 Å². The molecule has 0 saturated carbocycles. The molecule has 0 unspecified atom stereocenters. The molecule has 6 heteroatoms. The molecule has 3 rings (SSSR count). The van der Waals surface area contributed by atoms with Gasteiger partial charge in [0.25, 0.3) is 5.91 Å².